The molecular formula is C22H19BrN4O3S2. The second kappa shape index (κ2) is 9.45. The maximum absolute atomic E-state index is 13.2. The van der Waals surface area contributed by atoms with Gasteiger partial charge in [0.2, 0.25) is 15.9 Å². The fraction of sp³-hybridized carbons (Fsp3) is 0.136. The smallest absolute Gasteiger partial charge is 0.243 e. The lowest BCUT2D eigenvalue weighted by molar-refractivity contribution is -0.117. The number of anilines is 1. The fourth-order valence-electron chi connectivity index (χ4n) is 3.23. The van der Waals surface area contributed by atoms with Gasteiger partial charge in [-0.05, 0) is 64.7 Å². The molecule has 7 nitrogen and oxygen atoms in total. The molecule has 1 atom stereocenters. The van der Waals surface area contributed by atoms with Crippen LogP contribution in [0.15, 0.2) is 76.1 Å². The molecule has 2 N–H and O–H groups in total. The lowest BCUT2D eigenvalue weighted by Gasteiger charge is -2.19. The normalized spacial score (nSPS) is 12.6. The summed E-state index contributed by atoms with van der Waals surface area (Å²) in [6.45, 7) is 1.94. The Bertz CT molecular complexity index is 1370. The molecule has 0 aliphatic rings. The van der Waals surface area contributed by atoms with Gasteiger partial charge in [-0.2, -0.15) is 13.5 Å². The Kier molecular flexibility index (Phi) is 6.66. The Morgan fingerprint density at radius 2 is 1.84 bits per heavy atom. The highest BCUT2D eigenvalue weighted by Crippen LogP contribution is 2.25. The van der Waals surface area contributed by atoms with E-state index in [1.165, 1.54) is 6.07 Å². The number of aryl methyl sites for hydroxylation is 1. The Morgan fingerprint density at radius 3 is 2.59 bits per heavy atom. The first-order chi connectivity index (χ1) is 15.3. The van der Waals surface area contributed by atoms with Crippen molar-refractivity contribution in [2.24, 2.45) is 0 Å². The molecule has 0 saturated heterocycles. The zero-order chi connectivity index (χ0) is 22.7. The van der Waals surface area contributed by atoms with Crippen molar-refractivity contribution in [2.75, 3.05) is 5.32 Å². The van der Waals surface area contributed by atoms with Crippen LogP contribution in [0.3, 0.4) is 0 Å². The average Bonchev–Trinajstić information content (AvgIpc) is 3.24. The highest BCUT2D eigenvalue weighted by atomic mass is 79.9. The molecule has 0 saturated carbocycles. The molecule has 1 amide bonds. The Morgan fingerprint density at radius 1 is 1.06 bits per heavy atom. The number of carbonyl (C=O) groups excluding carboxylic acids is 1. The summed E-state index contributed by atoms with van der Waals surface area (Å²) in [5.41, 5.74) is 3.19. The van der Waals surface area contributed by atoms with Crippen LogP contribution in [0.25, 0.3) is 11.0 Å². The van der Waals surface area contributed by atoms with Crippen molar-refractivity contribution < 1.29 is 13.2 Å². The molecule has 32 heavy (non-hydrogen) atoms. The van der Waals surface area contributed by atoms with Crippen LogP contribution in [-0.4, -0.2) is 29.1 Å². The summed E-state index contributed by atoms with van der Waals surface area (Å²) in [4.78, 5) is 13.2. The highest BCUT2D eigenvalue weighted by Gasteiger charge is 2.28. The van der Waals surface area contributed by atoms with Gasteiger partial charge in [-0.15, -0.1) is 0 Å². The van der Waals surface area contributed by atoms with Crippen LogP contribution < -0.4 is 10.0 Å². The van der Waals surface area contributed by atoms with Gasteiger partial charge in [0.1, 0.15) is 22.0 Å². The molecular weight excluding hydrogens is 512 g/mol. The van der Waals surface area contributed by atoms with Gasteiger partial charge in [0.25, 0.3) is 0 Å². The minimum Gasteiger partial charge on any atom is -0.324 e. The first kappa shape index (κ1) is 22.5. The predicted molar refractivity (Wildman–Crippen MR) is 129 cm³/mol. The summed E-state index contributed by atoms with van der Waals surface area (Å²) < 4.78 is 38.0. The second-order valence-corrected chi connectivity index (χ2v) is 10.3. The number of hydrogen-bond donors (Lipinski definition) is 2. The van der Waals surface area contributed by atoms with Crippen molar-refractivity contribution in [3.63, 3.8) is 0 Å². The maximum atomic E-state index is 13.2. The van der Waals surface area contributed by atoms with Gasteiger partial charge < -0.3 is 5.32 Å². The van der Waals surface area contributed by atoms with Gasteiger partial charge >= 0.3 is 0 Å². The van der Waals surface area contributed by atoms with Gasteiger partial charge in [-0.1, -0.05) is 42.5 Å². The number of amides is 1. The van der Waals surface area contributed by atoms with Gasteiger partial charge in [0.05, 0.1) is 17.4 Å². The molecule has 164 valence electrons. The highest BCUT2D eigenvalue weighted by molar-refractivity contribution is 9.10. The van der Waals surface area contributed by atoms with E-state index in [9.17, 15) is 13.2 Å². The van der Waals surface area contributed by atoms with Crippen molar-refractivity contribution in [3.8, 4) is 0 Å². The van der Waals surface area contributed by atoms with E-state index in [-0.39, 0.29) is 16.8 Å². The van der Waals surface area contributed by atoms with Gasteiger partial charge in [0.15, 0.2) is 0 Å². The van der Waals surface area contributed by atoms with E-state index >= 15 is 0 Å². The quantitative estimate of drug-likeness (QED) is 0.371. The number of benzene rings is 3. The van der Waals surface area contributed by atoms with Crippen LogP contribution in [0, 0.1) is 6.92 Å². The molecule has 1 aromatic heterocycles. The molecule has 0 aliphatic carbocycles. The van der Waals surface area contributed by atoms with E-state index in [2.05, 4.69) is 34.7 Å². The minimum absolute atomic E-state index is 0.00821. The number of nitrogens with zero attached hydrogens (tertiary/aromatic N) is 2. The molecule has 3 aromatic carbocycles. The lowest BCUT2D eigenvalue weighted by Crippen LogP contribution is -2.45. The summed E-state index contributed by atoms with van der Waals surface area (Å²) >= 11 is 4.38. The summed E-state index contributed by atoms with van der Waals surface area (Å²) in [5, 5.41) is 2.83. The zero-order valence-electron chi connectivity index (χ0n) is 16.9. The minimum atomic E-state index is -4.05. The summed E-state index contributed by atoms with van der Waals surface area (Å²) in [5.74, 6) is -0.467. The fourth-order valence-corrected chi connectivity index (χ4v) is 5.78. The number of rotatable bonds is 7. The Labute approximate surface area is 198 Å². The molecule has 0 unspecified atom stereocenters. The van der Waals surface area contributed by atoms with Gasteiger partial charge in [-0.3, -0.25) is 4.79 Å². The van der Waals surface area contributed by atoms with Gasteiger partial charge in [-0.25, -0.2) is 8.42 Å². The monoisotopic (exact) mass is 530 g/mol. The number of aromatic nitrogens is 2. The lowest BCUT2D eigenvalue weighted by atomic mass is 10.1. The predicted octanol–water partition coefficient (Wildman–Crippen LogP) is 4.29. The SMILES string of the molecule is Cc1ccc(NC(=O)[C@@H](Cc2ccccc2)NS(=O)(=O)c2cccc3nsnc23)c(Br)c1. The largest absolute Gasteiger partial charge is 0.324 e. The zero-order valence-corrected chi connectivity index (χ0v) is 20.2. The summed E-state index contributed by atoms with van der Waals surface area (Å²) in [6, 6.07) is 18.5. The Hall–Kier alpha value is -2.66. The van der Waals surface area contributed by atoms with Gasteiger partial charge in [0, 0.05) is 4.47 Å². The van der Waals surface area contributed by atoms with Crippen LogP contribution in [0.1, 0.15) is 11.1 Å². The van der Waals surface area contributed by atoms with E-state index < -0.39 is 22.0 Å². The molecule has 0 fully saturated rings. The standard InChI is InChI=1S/C22H19BrN4O3S2/c1-14-10-11-17(16(23)12-14)24-22(28)19(13-15-6-3-2-4-7-15)27-32(29,30)20-9-5-8-18-21(20)26-31-25-18/h2-12,19,27H,13H2,1H3,(H,24,28)/t19-/m1/s1. The number of halogens is 1. The van der Waals surface area contributed by atoms with Crippen LogP contribution in [0.5, 0.6) is 0 Å². The van der Waals surface area contributed by atoms with E-state index in [1.807, 2.05) is 49.4 Å². The Balaban J connectivity index is 1.66. The molecule has 4 rings (SSSR count). The van der Waals surface area contributed by atoms with Crippen LogP contribution in [0.2, 0.25) is 0 Å². The van der Waals surface area contributed by atoms with Crippen molar-refractivity contribution in [2.45, 2.75) is 24.3 Å². The van der Waals surface area contributed by atoms with Crippen LogP contribution in [-0.2, 0) is 21.2 Å². The molecule has 0 radical (unpaired) electrons. The second-order valence-electron chi connectivity index (χ2n) is 7.22. The third-order valence-corrected chi connectivity index (χ3v) is 7.52. The molecule has 0 bridgehead atoms. The topological polar surface area (TPSA) is 101 Å². The van der Waals surface area contributed by atoms with Crippen molar-refractivity contribution in [3.05, 3.63) is 82.3 Å². The van der Waals surface area contributed by atoms with Crippen LogP contribution >= 0.6 is 27.7 Å². The van der Waals surface area contributed by atoms with E-state index in [1.54, 1.807) is 18.2 Å². The number of hydrogen-bond acceptors (Lipinski definition) is 6. The van der Waals surface area contributed by atoms with E-state index in [0.29, 0.717) is 15.7 Å². The number of carbonyl (C=O) groups is 1. The van der Waals surface area contributed by atoms with Crippen LogP contribution in [0.4, 0.5) is 5.69 Å². The first-order valence-corrected chi connectivity index (χ1v) is 12.7. The third-order valence-electron chi connectivity index (χ3n) is 4.82. The van der Waals surface area contributed by atoms with Crippen molar-refractivity contribution in [1.82, 2.24) is 13.5 Å². The molecule has 0 aliphatic heterocycles. The van der Waals surface area contributed by atoms with Crippen molar-refractivity contribution in [1.29, 1.82) is 0 Å². The summed E-state index contributed by atoms with van der Waals surface area (Å²) in [6.07, 6.45) is 0.181. The summed E-state index contributed by atoms with van der Waals surface area (Å²) in [7, 11) is -4.05. The average molecular weight is 531 g/mol. The molecule has 4 aromatic rings. The molecule has 0 spiro atoms. The molecule has 1 heterocycles. The third kappa shape index (κ3) is 5.04. The first-order valence-electron chi connectivity index (χ1n) is 9.68. The maximum Gasteiger partial charge on any atom is 0.243 e. The number of fused-ring (bicyclic) bond motifs is 1. The molecule has 10 heteroatoms. The van der Waals surface area contributed by atoms with E-state index in [0.717, 1.165) is 22.9 Å². The number of sulfonamides is 1. The number of nitrogens with one attached hydrogen (secondary N) is 2. The van der Waals surface area contributed by atoms with E-state index in [4.69, 9.17) is 0 Å². The van der Waals surface area contributed by atoms with Crippen molar-refractivity contribution >= 4 is 60.3 Å².